The predicted octanol–water partition coefficient (Wildman–Crippen LogP) is 3.25. The molecule has 1 aliphatic heterocycles. The van der Waals surface area contributed by atoms with Crippen LogP contribution in [0.1, 0.15) is 23.4 Å². The summed E-state index contributed by atoms with van der Waals surface area (Å²) in [6.45, 7) is 6.27. The molecule has 7 heteroatoms. The molecule has 0 atom stereocenters. The minimum Gasteiger partial charge on any atom is -0.490 e. The van der Waals surface area contributed by atoms with E-state index in [4.69, 9.17) is 10.5 Å². The monoisotopic (exact) mass is 384 g/mol. The predicted molar refractivity (Wildman–Crippen MR) is 109 cm³/mol. The lowest BCUT2D eigenvalue weighted by molar-refractivity contribution is -0.118. The molecular formula is C20H24N4O2S. The van der Waals surface area contributed by atoms with Crippen LogP contribution in [0.3, 0.4) is 0 Å². The number of aryl methyl sites for hydroxylation is 2. The van der Waals surface area contributed by atoms with E-state index in [2.05, 4.69) is 23.7 Å². The molecule has 0 saturated carbocycles. The van der Waals surface area contributed by atoms with E-state index in [1.165, 1.54) is 4.88 Å². The summed E-state index contributed by atoms with van der Waals surface area (Å²) in [7, 11) is 0. The lowest BCUT2D eigenvalue weighted by Gasteiger charge is -2.32. The lowest BCUT2D eigenvalue weighted by Crippen LogP contribution is -2.38. The van der Waals surface area contributed by atoms with Crippen molar-refractivity contribution in [1.82, 2.24) is 9.55 Å². The van der Waals surface area contributed by atoms with Gasteiger partial charge in [-0.15, -0.1) is 11.3 Å². The normalized spacial score (nSPS) is 15.4. The third-order valence-electron chi connectivity index (χ3n) is 5.12. The highest BCUT2D eigenvalue weighted by Gasteiger charge is 2.23. The van der Waals surface area contributed by atoms with E-state index in [1.54, 1.807) is 11.3 Å². The number of aromatic nitrogens is 2. The highest BCUT2D eigenvalue weighted by Crippen LogP contribution is 2.31. The van der Waals surface area contributed by atoms with E-state index in [1.807, 2.05) is 35.0 Å². The summed E-state index contributed by atoms with van der Waals surface area (Å²) < 4.78 is 8.19. The van der Waals surface area contributed by atoms with E-state index in [0.717, 1.165) is 53.4 Å². The zero-order valence-corrected chi connectivity index (χ0v) is 16.5. The van der Waals surface area contributed by atoms with Gasteiger partial charge in [-0.3, -0.25) is 4.79 Å². The second-order valence-electron chi connectivity index (χ2n) is 7.04. The minimum atomic E-state index is -0.348. The van der Waals surface area contributed by atoms with Crippen LogP contribution in [0.4, 0.5) is 5.13 Å². The molecule has 1 aliphatic rings. The number of hydrogen-bond donors (Lipinski definition) is 1. The summed E-state index contributed by atoms with van der Waals surface area (Å²) in [6, 6.07) is 7.94. The first-order valence-electron chi connectivity index (χ1n) is 9.23. The van der Waals surface area contributed by atoms with Crippen LogP contribution in [0.25, 0.3) is 10.9 Å². The molecule has 0 aliphatic carbocycles. The molecule has 0 bridgehead atoms. The number of fused-ring (bicyclic) bond motifs is 1. The van der Waals surface area contributed by atoms with Crippen LogP contribution < -0.4 is 15.4 Å². The van der Waals surface area contributed by atoms with Crippen molar-refractivity contribution in [3.8, 4) is 5.75 Å². The van der Waals surface area contributed by atoms with Gasteiger partial charge in [-0.2, -0.15) is 0 Å². The molecule has 4 rings (SSSR count). The molecule has 142 valence electrons. The number of benzene rings is 1. The molecule has 6 nitrogen and oxygen atoms in total. The van der Waals surface area contributed by atoms with Crippen LogP contribution in [0.5, 0.6) is 5.75 Å². The van der Waals surface area contributed by atoms with Gasteiger partial charge in [0.05, 0.1) is 11.2 Å². The Morgan fingerprint density at radius 1 is 1.30 bits per heavy atom. The number of rotatable bonds is 5. The number of nitrogens with two attached hydrogens (primary N) is 1. The van der Waals surface area contributed by atoms with Gasteiger partial charge in [-0.25, -0.2) is 4.98 Å². The quantitative estimate of drug-likeness (QED) is 0.733. The van der Waals surface area contributed by atoms with Gasteiger partial charge in [-0.05, 0) is 32.0 Å². The number of piperidine rings is 1. The number of nitrogens with zero attached hydrogens (tertiary/aromatic N) is 3. The Morgan fingerprint density at radius 3 is 2.74 bits per heavy atom. The molecule has 0 spiro atoms. The van der Waals surface area contributed by atoms with E-state index in [-0.39, 0.29) is 18.6 Å². The van der Waals surface area contributed by atoms with Crippen LogP contribution in [-0.2, 0) is 11.3 Å². The summed E-state index contributed by atoms with van der Waals surface area (Å²) in [5, 5.41) is 2.14. The molecular weight excluding hydrogens is 360 g/mol. The Bertz CT molecular complexity index is 950. The molecule has 1 amide bonds. The standard InChI is InChI=1S/C20H24N4O2S/c1-13-14(2)27-20(22-13)23-9-6-15(7-10-23)26-18-5-3-4-17-16(18)8-11-24(17)12-19(21)25/h3-5,8,11,15H,6-7,9-10,12H2,1-2H3,(H2,21,25). The van der Waals surface area contributed by atoms with Crippen LogP contribution in [0.15, 0.2) is 30.5 Å². The second kappa shape index (κ2) is 7.23. The first-order chi connectivity index (χ1) is 13.0. The van der Waals surface area contributed by atoms with Gasteiger partial charge in [0.2, 0.25) is 5.91 Å². The lowest BCUT2D eigenvalue weighted by atomic mass is 10.1. The summed E-state index contributed by atoms with van der Waals surface area (Å²) in [5.74, 6) is 0.522. The zero-order valence-electron chi connectivity index (χ0n) is 15.6. The minimum absolute atomic E-state index is 0.179. The Labute approximate surface area is 162 Å². The summed E-state index contributed by atoms with van der Waals surface area (Å²) in [4.78, 5) is 19.6. The van der Waals surface area contributed by atoms with Crippen molar-refractivity contribution in [2.45, 2.75) is 39.3 Å². The van der Waals surface area contributed by atoms with Crippen LogP contribution in [-0.4, -0.2) is 34.7 Å². The maximum absolute atomic E-state index is 11.2. The summed E-state index contributed by atoms with van der Waals surface area (Å²) >= 11 is 1.77. The molecule has 1 fully saturated rings. The molecule has 3 aromatic rings. The van der Waals surface area contributed by atoms with Gasteiger partial charge < -0.3 is 19.9 Å². The highest BCUT2D eigenvalue weighted by molar-refractivity contribution is 7.15. The van der Waals surface area contributed by atoms with E-state index >= 15 is 0 Å². The molecule has 1 aromatic carbocycles. The first kappa shape index (κ1) is 17.9. The van der Waals surface area contributed by atoms with Crippen molar-refractivity contribution in [3.05, 3.63) is 41.0 Å². The Balaban J connectivity index is 1.44. The number of thiazole rings is 1. The van der Waals surface area contributed by atoms with Crippen molar-refractivity contribution in [2.75, 3.05) is 18.0 Å². The van der Waals surface area contributed by atoms with Gasteiger partial charge >= 0.3 is 0 Å². The number of anilines is 1. The number of ether oxygens (including phenoxy) is 1. The fourth-order valence-electron chi connectivity index (χ4n) is 3.54. The second-order valence-corrected chi connectivity index (χ2v) is 8.22. The molecule has 0 radical (unpaired) electrons. The Morgan fingerprint density at radius 2 is 2.07 bits per heavy atom. The van der Waals surface area contributed by atoms with Gasteiger partial charge in [0.1, 0.15) is 18.4 Å². The number of carbonyl (C=O) groups is 1. The zero-order chi connectivity index (χ0) is 19.0. The highest BCUT2D eigenvalue weighted by atomic mass is 32.1. The first-order valence-corrected chi connectivity index (χ1v) is 10.0. The van der Waals surface area contributed by atoms with Crippen LogP contribution in [0, 0.1) is 13.8 Å². The van der Waals surface area contributed by atoms with Crippen molar-refractivity contribution >= 4 is 33.3 Å². The average Bonchev–Trinajstić information content (AvgIpc) is 3.20. The van der Waals surface area contributed by atoms with Gasteiger partial charge in [-0.1, -0.05) is 6.07 Å². The Hall–Kier alpha value is -2.54. The van der Waals surface area contributed by atoms with Crippen LogP contribution >= 0.6 is 11.3 Å². The third kappa shape index (κ3) is 3.64. The molecule has 0 unspecified atom stereocenters. The van der Waals surface area contributed by atoms with Gasteiger partial charge in [0, 0.05) is 42.4 Å². The van der Waals surface area contributed by atoms with E-state index in [0.29, 0.717) is 0 Å². The fourth-order valence-corrected chi connectivity index (χ4v) is 4.50. The number of primary amides is 1. The Kier molecular flexibility index (Phi) is 4.78. The molecule has 1 saturated heterocycles. The molecule has 2 aromatic heterocycles. The topological polar surface area (TPSA) is 73.4 Å². The molecule has 27 heavy (non-hydrogen) atoms. The van der Waals surface area contributed by atoms with E-state index < -0.39 is 0 Å². The number of hydrogen-bond acceptors (Lipinski definition) is 5. The summed E-state index contributed by atoms with van der Waals surface area (Å²) in [5.41, 5.74) is 7.43. The SMILES string of the molecule is Cc1nc(N2CCC(Oc3cccc4c3ccn4CC(N)=O)CC2)sc1C. The van der Waals surface area contributed by atoms with Crippen molar-refractivity contribution < 1.29 is 9.53 Å². The third-order valence-corrected chi connectivity index (χ3v) is 6.26. The maximum atomic E-state index is 11.2. The van der Waals surface area contributed by atoms with Crippen LogP contribution in [0.2, 0.25) is 0 Å². The van der Waals surface area contributed by atoms with E-state index in [9.17, 15) is 4.79 Å². The average molecular weight is 385 g/mol. The number of amides is 1. The van der Waals surface area contributed by atoms with Crippen molar-refractivity contribution in [1.29, 1.82) is 0 Å². The van der Waals surface area contributed by atoms with Gasteiger partial charge in [0.15, 0.2) is 5.13 Å². The largest absolute Gasteiger partial charge is 0.490 e. The van der Waals surface area contributed by atoms with Gasteiger partial charge in [0.25, 0.3) is 0 Å². The molecule has 2 N–H and O–H groups in total. The number of carbonyl (C=O) groups excluding carboxylic acids is 1. The van der Waals surface area contributed by atoms with Crippen molar-refractivity contribution in [2.24, 2.45) is 5.73 Å². The fraction of sp³-hybridized carbons (Fsp3) is 0.400. The summed E-state index contributed by atoms with van der Waals surface area (Å²) in [6.07, 6.45) is 4.01. The van der Waals surface area contributed by atoms with Crippen molar-refractivity contribution in [3.63, 3.8) is 0 Å². The molecule has 3 heterocycles. The smallest absolute Gasteiger partial charge is 0.237 e. The maximum Gasteiger partial charge on any atom is 0.237 e.